The zero-order valence-corrected chi connectivity index (χ0v) is 8.65. The molecule has 0 spiro atoms. The van der Waals surface area contributed by atoms with Crippen molar-refractivity contribution in [1.29, 1.82) is 0 Å². The molecule has 0 bridgehead atoms. The molecule has 1 rings (SSSR count). The van der Waals surface area contributed by atoms with Gasteiger partial charge in [-0.3, -0.25) is 9.59 Å². The van der Waals surface area contributed by atoms with Crippen molar-refractivity contribution in [3.8, 4) is 11.5 Å². The van der Waals surface area contributed by atoms with Crippen LogP contribution in [-0.4, -0.2) is 26.3 Å². The Morgan fingerprint density at radius 3 is 2.20 bits per heavy atom. The summed E-state index contributed by atoms with van der Waals surface area (Å²) in [5.41, 5.74) is 0.683. The maximum Gasteiger partial charge on any atom is 0.153 e. The highest BCUT2D eigenvalue weighted by Gasteiger charge is 2.10. The van der Waals surface area contributed by atoms with E-state index in [1.165, 1.54) is 19.2 Å². The Bertz CT molecular complexity index is 371. The first-order valence-electron chi connectivity index (χ1n) is 4.52. The van der Waals surface area contributed by atoms with E-state index in [-0.39, 0.29) is 0 Å². The number of methoxy groups -OCH3 is 1. The molecule has 4 heteroatoms. The van der Waals surface area contributed by atoms with Crippen LogP contribution in [0.25, 0.3) is 0 Å². The summed E-state index contributed by atoms with van der Waals surface area (Å²) in [7, 11) is 1.46. The van der Waals surface area contributed by atoms with Gasteiger partial charge in [0.15, 0.2) is 12.6 Å². The van der Waals surface area contributed by atoms with Crippen LogP contribution in [0.5, 0.6) is 11.5 Å². The molecule has 0 atom stereocenters. The lowest BCUT2D eigenvalue weighted by atomic mass is 10.1. The molecule has 0 aliphatic rings. The van der Waals surface area contributed by atoms with Gasteiger partial charge in [-0.25, -0.2) is 0 Å². The molecule has 4 nitrogen and oxygen atoms in total. The lowest BCUT2D eigenvalue weighted by Crippen LogP contribution is -1.99. The molecule has 0 aliphatic heterocycles. The SMILES string of the molecule is CCOc1cc(OC)c(C=O)cc1C=O. The molecule has 0 saturated heterocycles. The summed E-state index contributed by atoms with van der Waals surface area (Å²) in [5, 5.41) is 0. The van der Waals surface area contributed by atoms with Gasteiger partial charge in [0.1, 0.15) is 11.5 Å². The Morgan fingerprint density at radius 1 is 1.13 bits per heavy atom. The van der Waals surface area contributed by atoms with Crippen LogP contribution in [0.2, 0.25) is 0 Å². The molecule has 0 unspecified atom stereocenters. The van der Waals surface area contributed by atoms with E-state index in [1.54, 1.807) is 0 Å². The molecule has 0 radical (unpaired) electrons. The summed E-state index contributed by atoms with van der Waals surface area (Å²) < 4.78 is 10.2. The average Bonchev–Trinajstić information content (AvgIpc) is 2.28. The minimum atomic E-state index is 0.336. The van der Waals surface area contributed by atoms with Crippen molar-refractivity contribution in [2.75, 3.05) is 13.7 Å². The third-order valence-corrected chi connectivity index (χ3v) is 1.92. The fourth-order valence-corrected chi connectivity index (χ4v) is 1.24. The Kier molecular flexibility index (Phi) is 3.85. The van der Waals surface area contributed by atoms with Gasteiger partial charge < -0.3 is 9.47 Å². The number of aldehydes is 2. The molecular formula is C11H12O4. The van der Waals surface area contributed by atoms with E-state index < -0.39 is 0 Å². The van der Waals surface area contributed by atoms with Crippen LogP contribution in [0.1, 0.15) is 27.6 Å². The van der Waals surface area contributed by atoms with E-state index in [4.69, 9.17) is 9.47 Å². The van der Waals surface area contributed by atoms with Gasteiger partial charge in [0.2, 0.25) is 0 Å². The van der Waals surface area contributed by atoms with Gasteiger partial charge in [-0.1, -0.05) is 0 Å². The zero-order chi connectivity index (χ0) is 11.3. The van der Waals surface area contributed by atoms with E-state index in [0.29, 0.717) is 41.8 Å². The number of hydrogen-bond acceptors (Lipinski definition) is 4. The highest BCUT2D eigenvalue weighted by Crippen LogP contribution is 2.27. The summed E-state index contributed by atoms with van der Waals surface area (Å²) in [6.45, 7) is 2.26. The van der Waals surface area contributed by atoms with Crippen LogP contribution in [0.15, 0.2) is 12.1 Å². The molecule has 0 saturated carbocycles. The van der Waals surface area contributed by atoms with Crippen LogP contribution < -0.4 is 9.47 Å². The quantitative estimate of drug-likeness (QED) is 0.691. The van der Waals surface area contributed by atoms with Gasteiger partial charge >= 0.3 is 0 Å². The summed E-state index contributed by atoms with van der Waals surface area (Å²) >= 11 is 0. The molecule has 0 amide bonds. The fourth-order valence-electron chi connectivity index (χ4n) is 1.24. The highest BCUT2D eigenvalue weighted by molar-refractivity contribution is 5.87. The lowest BCUT2D eigenvalue weighted by molar-refractivity contribution is 0.111. The van der Waals surface area contributed by atoms with Crippen LogP contribution in [-0.2, 0) is 0 Å². The number of hydrogen-bond donors (Lipinski definition) is 0. The van der Waals surface area contributed by atoms with E-state index in [1.807, 2.05) is 6.92 Å². The van der Waals surface area contributed by atoms with E-state index in [2.05, 4.69) is 0 Å². The second-order valence-electron chi connectivity index (χ2n) is 2.80. The number of rotatable bonds is 5. The van der Waals surface area contributed by atoms with E-state index in [0.717, 1.165) is 0 Å². The van der Waals surface area contributed by atoms with E-state index in [9.17, 15) is 9.59 Å². The maximum atomic E-state index is 10.7. The monoisotopic (exact) mass is 208 g/mol. The van der Waals surface area contributed by atoms with Gasteiger partial charge in [0.25, 0.3) is 0 Å². The molecule has 15 heavy (non-hydrogen) atoms. The lowest BCUT2D eigenvalue weighted by Gasteiger charge is -2.10. The fraction of sp³-hybridized carbons (Fsp3) is 0.273. The summed E-state index contributed by atoms with van der Waals surface area (Å²) in [5.74, 6) is 0.828. The van der Waals surface area contributed by atoms with Crippen LogP contribution in [0.4, 0.5) is 0 Å². The molecule has 0 aliphatic carbocycles. The first kappa shape index (κ1) is 11.2. The average molecular weight is 208 g/mol. The van der Waals surface area contributed by atoms with Crippen LogP contribution in [0.3, 0.4) is 0 Å². The Morgan fingerprint density at radius 2 is 1.73 bits per heavy atom. The molecule has 1 aromatic rings. The Labute approximate surface area is 87.8 Å². The summed E-state index contributed by atoms with van der Waals surface area (Å²) in [6, 6.07) is 2.99. The van der Waals surface area contributed by atoms with E-state index >= 15 is 0 Å². The Balaban J connectivity index is 3.26. The molecule has 1 aromatic carbocycles. The second kappa shape index (κ2) is 5.14. The minimum Gasteiger partial charge on any atom is -0.496 e. The number of carbonyl (C=O) groups is 2. The molecule has 0 N–H and O–H groups in total. The van der Waals surface area contributed by atoms with Crippen molar-refractivity contribution in [3.05, 3.63) is 23.3 Å². The van der Waals surface area contributed by atoms with Gasteiger partial charge in [0.05, 0.1) is 24.8 Å². The largest absolute Gasteiger partial charge is 0.496 e. The normalized spacial score (nSPS) is 9.47. The Hall–Kier alpha value is -1.84. The predicted octanol–water partition coefficient (Wildman–Crippen LogP) is 1.72. The van der Waals surface area contributed by atoms with Crippen molar-refractivity contribution < 1.29 is 19.1 Å². The first-order valence-corrected chi connectivity index (χ1v) is 4.52. The van der Waals surface area contributed by atoms with Gasteiger partial charge in [0, 0.05) is 6.07 Å². The molecular weight excluding hydrogens is 196 g/mol. The topological polar surface area (TPSA) is 52.6 Å². The second-order valence-corrected chi connectivity index (χ2v) is 2.80. The van der Waals surface area contributed by atoms with Crippen molar-refractivity contribution in [2.24, 2.45) is 0 Å². The molecule has 0 aromatic heterocycles. The van der Waals surface area contributed by atoms with Crippen molar-refractivity contribution in [2.45, 2.75) is 6.92 Å². The van der Waals surface area contributed by atoms with Crippen LogP contribution in [0, 0.1) is 0 Å². The molecule has 0 fully saturated rings. The van der Waals surface area contributed by atoms with Gasteiger partial charge in [-0.2, -0.15) is 0 Å². The first-order chi connectivity index (χ1) is 7.26. The smallest absolute Gasteiger partial charge is 0.153 e. The third-order valence-electron chi connectivity index (χ3n) is 1.92. The predicted molar refractivity (Wildman–Crippen MR) is 54.9 cm³/mol. The number of ether oxygens (including phenoxy) is 2. The van der Waals surface area contributed by atoms with Crippen molar-refractivity contribution in [1.82, 2.24) is 0 Å². The zero-order valence-electron chi connectivity index (χ0n) is 8.65. The highest BCUT2D eigenvalue weighted by atomic mass is 16.5. The van der Waals surface area contributed by atoms with Gasteiger partial charge in [-0.05, 0) is 13.0 Å². The van der Waals surface area contributed by atoms with Crippen molar-refractivity contribution >= 4 is 12.6 Å². The van der Waals surface area contributed by atoms with Crippen LogP contribution >= 0.6 is 0 Å². The molecule has 80 valence electrons. The summed E-state index contributed by atoms with van der Waals surface area (Å²) in [6.07, 6.45) is 1.29. The van der Waals surface area contributed by atoms with Gasteiger partial charge in [-0.15, -0.1) is 0 Å². The minimum absolute atomic E-state index is 0.336. The summed E-state index contributed by atoms with van der Waals surface area (Å²) in [4.78, 5) is 21.4. The standard InChI is InChI=1S/C11H12O4/c1-3-15-11-5-10(14-2)8(6-12)4-9(11)7-13/h4-7H,3H2,1-2H3. The number of carbonyl (C=O) groups excluding carboxylic acids is 2. The molecule has 0 heterocycles. The maximum absolute atomic E-state index is 10.7. The van der Waals surface area contributed by atoms with Crippen molar-refractivity contribution in [3.63, 3.8) is 0 Å². The third kappa shape index (κ3) is 2.34. The number of benzene rings is 1.